The molecule has 1 rings (SSSR count). The largest absolute Gasteiger partial charge is 0.384 e. The van der Waals surface area contributed by atoms with Crippen LogP contribution in [0.5, 0.6) is 0 Å². The lowest BCUT2D eigenvalue weighted by atomic mass is 9.85. The Bertz CT molecular complexity index is 324. The van der Waals surface area contributed by atoms with E-state index >= 15 is 0 Å². The fraction of sp³-hybridized carbons (Fsp3) is 0.600. The van der Waals surface area contributed by atoms with Crippen LogP contribution in [0.25, 0.3) is 0 Å². The van der Waals surface area contributed by atoms with Gasteiger partial charge in [-0.2, -0.15) is 0 Å². The van der Waals surface area contributed by atoms with E-state index in [-0.39, 0.29) is 0 Å². The van der Waals surface area contributed by atoms with Gasteiger partial charge in [0.05, 0.1) is 0 Å². The zero-order valence-corrected chi connectivity index (χ0v) is 11.5. The van der Waals surface area contributed by atoms with E-state index in [0.29, 0.717) is 11.8 Å². The Morgan fingerprint density at radius 3 is 2.59 bits per heavy atom. The molecule has 1 aromatic carbocycles. The van der Waals surface area contributed by atoms with Crippen molar-refractivity contribution in [1.82, 2.24) is 5.32 Å². The first-order valence-corrected chi connectivity index (χ1v) is 6.45. The Kier molecular flexibility index (Phi) is 6.23. The molecular formula is C15H25NO. The third kappa shape index (κ3) is 4.14. The van der Waals surface area contributed by atoms with Crippen LogP contribution in [0, 0.1) is 12.8 Å². The predicted octanol–water partition coefficient (Wildman–Crippen LogP) is 2.97. The summed E-state index contributed by atoms with van der Waals surface area (Å²) in [6.07, 6.45) is 0. The van der Waals surface area contributed by atoms with E-state index < -0.39 is 0 Å². The number of aryl methyl sites for hydroxylation is 1. The molecule has 0 aliphatic heterocycles. The zero-order chi connectivity index (χ0) is 12.7. The van der Waals surface area contributed by atoms with E-state index in [9.17, 15) is 0 Å². The van der Waals surface area contributed by atoms with Crippen molar-refractivity contribution in [2.75, 3.05) is 26.8 Å². The first kappa shape index (κ1) is 14.2. The van der Waals surface area contributed by atoms with Crippen LogP contribution in [-0.4, -0.2) is 26.8 Å². The van der Waals surface area contributed by atoms with Gasteiger partial charge in [0.1, 0.15) is 0 Å². The van der Waals surface area contributed by atoms with Gasteiger partial charge in [-0.05, 0) is 30.5 Å². The Balaban J connectivity index is 2.85. The molecule has 0 saturated heterocycles. The molecule has 96 valence electrons. The van der Waals surface area contributed by atoms with Crippen molar-refractivity contribution >= 4 is 0 Å². The highest BCUT2D eigenvalue weighted by atomic mass is 16.5. The van der Waals surface area contributed by atoms with E-state index in [1.807, 2.05) is 0 Å². The van der Waals surface area contributed by atoms with Crippen molar-refractivity contribution in [3.05, 3.63) is 35.4 Å². The lowest BCUT2D eigenvalue weighted by Crippen LogP contribution is -2.28. The SMILES string of the molecule is CCNCC(c1ccccc1C)C(C)COC. The van der Waals surface area contributed by atoms with Crippen LogP contribution >= 0.6 is 0 Å². The maximum atomic E-state index is 5.30. The second-order valence-corrected chi connectivity index (χ2v) is 4.70. The van der Waals surface area contributed by atoms with Gasteiger partial charge in [0.25, 0.3) is 0 Å². The molecule has 0 aliphatic rings. The summed E-state index contributed by atoms with van der Waals surface area (Å²) in [5, 5.41) is 3.46. The Morgan fingerprint density at radius 2 is 2.00 bits per heavy atom. The van der Waals surface area contributed by atoms with E-state index in [1.54, 1.807) is 7.11 Å². The fourth-order valence-electron chi connectivity index (χ4n) is 2.30. The summed E-state index contributed by atoms with van der Waals surface area (Å²) >= 11 is 0. The van der Waals surface area contributed by atoms with Crippen LogP contribution < -0.4 is 5.32 Å². The number of nitrogens with one attached hydrogen (secondary N) is 1. The second-order valence-electron chi connectivity index (χ2n) is 4.70. The van der Waals surface area contributed by atoms with Crippen molar-refractivity contribution in [2.24, 2.45) is 5.92 Å². The molecule has 0 aliphatic carbocycles. The quantitative estimate of drug-likeness (QED) is 0.784. The molecule has 17 heavy (non-hydrogen) atoms. The standard InChI is InChI=1S/C15H25NO/c1-5-16-10-15(13(3)11-17-4)14-9-7-6-8-12(14)2/h6-9,13,15-16H,5,10-11H2,1-4H3. The fourth-order valence-corrected chi connectivity index (χ4v) is 2.30. The van der Waals surface area contributed by atoms with Crippen LogP contribution in [0.15, 0.2) is 24.3 Å². The van der Waals surface area contributed by atoms with Gasteiger partial charge in [-0.1, -0.05) is 38.1 Å². The topological polar surface area (TPSA) is 21.3 Å². The monoisotopic (exact) mass is 235 g/mol. The lowest BCUT2D eigenvalue weighted by Gasteiger charge is -2.25. The molecule has 2 unspecified atom stereocenters. The van der Waals surface area contributed by atoms with Crippen LogP contribution in [-0.2, 0) is 4.74 Å². The van der Waals surface area contributed by atoms with E-state index in [4.69, 9.17) is 4.74 Å². The Labute approximate surface area is 105 Å². The minimum atomic E-state index is 0.524. The Morgan fingerprint density at radius 1 is 1.29 bits per heavy atom. The third-order valence-electron chi connectivity index (χ3n) is 3.32. The highest BCUT2D eigenvalue weighted by Crippen LogP contribution is 2.26. The molecule has 0 fully saturated rings. The first-order valence-electron chi connectivity index (χ1n) is 6.45. The average molecular weight is 235 g/mol. The summed E-state index contributed by atoms with van der Waals surface area (Å²) in [4.78, 5) is 0. The summed E-state index contributed by atoms with van der Waals surface area (Å²) in [7, 11) is 1.78. The number of ether oxygens (including phenoxy) is 1. The van der Waals surface area contributed by atoms with Crippen molar-refractivity contribution < 1.29 is 4.74 Å². The van der Waals surface area contributed by atoms with Crippen molar-refractivity contribution in [2.45, 2.75) is 26.7 Å². The minimum Gasteiger partial charge on any atom is -0.384 e. The van der Waals surface area contributed by atoms with Gasteiger partial charge in [0.2, 0.25) is 0 Å². The van der Waals surface area contributed by atoms with Crippen molar-refractivity contribution in [3.63, 3.8) is 0 Å². The molecule has 0 amide bonds. The smallest absolute Gasteiger partial charge is 0.0494 e. The summed E-state index contributed by atoms with van der Waals surface area (Å²) in [5.74, 6) is 1.05. The van der Waals surface area contributed by atoms with E-state index in [2.05, 4.69) is 50.4 Å². The number of rotatable bonds is 7. The zero-order valence-electron chi connectivity index (χ0n) is 11.5. The van der Waals surface area contributed by atoms with Crippen LogP contribution in [0.2, 0.25) is 0 Å². The number of hydrogen-bond donors (Lipinski definition) is 1. The predicted molar refractivity (Wildman–Crippen MR) is 73.5 cm³/mol. The summed E-state index contributed by atoms with van der Waals surface area (Å²) in [6, 6.07) is 8.65. The third-order valence-corrected chi connectivity index (χ3v) is 3.32. The second kappa shape index (κ2) is 7.46. The maximum Gasteiger partial charge on any atom is 0.0494 e. The number of hydrogen-bond acceptors (Lipinski definition) is 2. The lowest BCUT2D eigenvalue weighted by molar-refractivity contribution is 0.146. The highest BCUT2D eigenvalue weighted by Gasteiger charge is 2.20. The molecule has 1 N–H and O–H groups in total. The van der Waals surface area contributed by atoms with Gasteiger partial charge in [0.15, 0.2) is 0 Å². The first-order chi connectivity index (χ1) is 8.20. The normalized spacial score (nSPS) is 14.6. The molecule has 2 heteroatoms. The van der Waals surface area contributed by atoms with Crippen molar-refractivity contribution in [1.29, 1.82) is 0 Å². The van der Waals surface area contributed by atoms with Gasteiger partial charge in [0, 0.05) is 26.2 Å². The maximum absolute atomic E-state index is 5.30. The minimum absolute atomic E-state index is 0.524. The highest BCUT2D eigenvalue weighted by molar-refractivity contribution is 5.30. The summed E-state index contributed by atoms with van der Waals surface area (Å²) in [5.41, 5.74) is 2.82. The molecule has 0 spiro atoms. The van der Waals surface area contributed by atoms with Crippen LogP contribution in [0.1, 0.15) is 30.9 Å². The number of methoxy groups -OCH3 is 1. The van der Waals surface area contributed by atoms with Crippen LogP contribution in [0.3, 0.4) is 0 Å². The molecule has 2 nitrogen and oxygen atoms in total. The molecule has 0 radical (unpaired) electrons. The van der Waals surface area contributed by atoms with Gasteiger partial charge in [-0.25, -0.2) is 0 Å². The number of likely N-dealkylation sites (N-methyl/N-ethyl adjacent to an activating group) is 1. The van der Waals surface area contributed by atoms with Gasteiger partial charge < -0.3 is 10.1 Å². The van der Waals surface area contributed by atoms with E-state index in [1.165, 1.54) is 11.1 Å². The molecule has 1 aromatic rings. The Hall–Kier alpha value is -0.860. The van der Waals surface area contributed by atoms with Gasteiger partial charge >= 0.3 is 0 Å². The average Bonchev–Trinajstić information content (AvgIpc) is 2.32. The molecule has 2 atom stereocenters. The molecule has 0 bridgehead atoms. The summed E-state index contributed by atoms with van der Waals surface area (Å²) in [6.45, 7) is 9.44. The van der Waals surface area contributed by atoms with Gasteiger partial charge in [-0.3, -0.25) is 0 Å². The molecular weight excluding hydrogens is 210 g/mol. The number of benzene rings is 1. The molecule has 0 heterocycles. The van der Waals surface area contributed by atoms with E-state index in [0.717, 1.165) is 19.7 Å². The van der Waals surface area contributed by atoms with Crippen LogP contribution in [0.4, 0.5) is 0 Å². The molecule has 0 aromatic heterocycles. The van der Waals surface area contributed by atoms with Crippen molar-refractivity contribution in [3.8, 4) is 0 Å². The molecule has 0 saturated carbocycles. The van der Waals surface area contributed by atoms with Gasteiger partial charge in [-0.15, -0.1) is 0 Å². The summed E-state index contributed by atoms with van der Waals surface area (Å²) < 4.78 is 5.30.